The third-order valence-corrected chi connectivity index (χ3v) is 7.52. The number of fused-ring (bicyclic) bond motifs is 1. The van der Waals surface area contributed by atoms with Crippen molar-refractivity contribution in [3.05, 3.63) is 87.4 Å². The summed E-state index contributed by atoms with van der Waals surface area (Å²) in [7, 11) is 0. The second-order valence-electron chi connectivity index (χ2n) is 8.05. The van der Waals surface area contributed by atoms with Crippen molar-refractivity contribution in [2.45, 2.75) is 18.6 Å². The van der Waals surface area contributed by atoms with Gasteiger partial charge in [0, 0.05) is 16.6 Å². The van der Waals surface area contributed by atoms with Crippen molar-refractivity contribution in [3.8, 4) is 11.4 Å². The van der Waals surface area contributed by atoms with Crippen LogP contribution in [-0.4, -0.2) is 38.2 Å². The molecule has 0 saturated carbocycles. The quantitative estimate of drug-likeness (QED) is 0.210. The van der Waals surface area contributed by atoms with Crippen LogP contribution < -0.4 is 10.2 Å². The van der Waals surface area contributed by atoms with Gasteiger partial charge in [0.15, 0.2) is 11.0 Å². The van der Waals surface area contributed by atoms with Gasteiger partial charge in [-0.15, -0.1) is 10.2 Å². The summed E-state index contributed by atoms with van der Waals surface area (Å²) in [5.41, 5.74) is 2.58. The van der Waals surface area contributed by atoms with E-state index in [2.05, 4.69) is 31.4 Å². The van der Waals surface area contributed by atoms with Gasteiger partial charge in [-0.05, 0) is 61.5 Å². The van der Waals surface area contributed by atoms with Gasteiger partial charge in [0.25, 0.3) is 11.8 Å². The zero-order valence-electron chi connectivity index (χ0n) is 19.4. The highest BCUT2D eigenvalue weighted by molar-refractivity contribution is 9.10. The van der Waals surface area contributed by atoms with Gasteiger partial charge < -0.3 is 9.88 Å². The molecule has 0 atom stereocenters. The van der Waals surface area contributed by atoms with Gasteiger partial charge in [-0.2, -0.15) is 0 Å². The third-order valence-electron chi connectivity index (χ3n) is 5.75. The number of nitrogens with one attached hydrogen (secondary N) is 1. The summed E-state index contributed by atoms with van der Waals surface area (Å²) in [5, 5.41) is 12.4. The summed E-state index contributed by atoms with van der Waals surface area (Å²) in [5.74, 6) is -0.150. The summed E-state index contributed by atoms with van der Waals surface area (Å²) in [6.07, 6.45) is 0. The largest absolute Gasteiger partial charge is 0.324 e. The van der Waals surface area contributed by atoms with Crippen molar-refractivity contribution in [1.29, 1.82) is 0 Å². The van der Waals surface area contributed by atoms with Crippen LogP contribution in [0.2, 0.25) is 5.02 Å². The molecule has 0 saturated heterocycles. The van der Waals surface area contributed by atoms with Crippen molar-refractivity contribution in [2.75, 3.05) is 16.0 Å². The molecule has 0 unspecified atom stereocenters. The molecule has 37 heavy (non-hydrogen) atoms. The zero-order valence-corrected chi connectivity index (χ0v) is 22.6. The maximum Gasteiger partial charge on any atom is 0.266 e. The number of hydrogen-bond donors (Lipinski definition) is 1. The summed E-state index contributed by atoms with van der Waals surface area (Å²) in [6, 6.07) is 19.1. The van der Waals surface area contributed by atoms with Gasteiger partial charge >= 0.3 is 0 Å². The van der Waals surface area contributed by atoms with Crippen LogP contribution in [0.4, 0.5) is 11.4 Å². The predicted molar refractivity (Wildman–Crippen MR) is 147 cm³/mol. The number of hydrogen-bond acceptors (Lipinski definition) is 6. The first kappa shape index (κ1) is 25.2. The number of aromatic nitrogens is 3. The van der Waals surface area contributed by atoms with E-state index in [-0.39, 0.29) is 23.5 Å². The molecule has 186 valence electrons. The van der Waals surface area contributed by atoms with Crippen molar-refractivity contribution in [1.82, 2.24) is 14.8 Å². The van der Waals surface area contributed by atoms with Gasteiger partial charge in [-0.1, -0.05) is 51.4 Å². The highest BCUT2D eigenvalue weighted by Crippen LogP contribution is 2.31. The first-order valence-corrected chi connectivity index (χ1v) is 13.4. The van der Waals surface area contributed by atoms with E-state index in [9.17, 15) is 14.4 Å². The minimum atomic E-state index is -0.341. The molecule has 1 N–H and O–H groups in total. The topological polar surface area (TPSA) is 97.2 Å². The van der Waals surface area contributed by atoms with Gasteiger partial charge in [0.2, 0.25) is 5.91 Å². The van der Waals surface area contributed by atoms with E-state index >= 15 is 0 Å². The lowest BCUT2D eigenvalue weighted by Crippen LogP contribution is -2.29. The lowest BCUT2D eigenvalue weighted by molar-refractivity contribution is -0.113. The molecule has 11 heteroatoms. The molecule has 1 aliphatic rings. The first-order chi connectivity index (χ1) is 17.9. The van der Waals surface area contributed by atoms with Gasteiger partial charge in [0.05, 0.1) is 33.3 Å². The number of anilines is 2. The Bertz CT molecular complexity index is 1500. The smallest absolute Gasteiger partial charge is 0.266 e. The molecule has 0 bridgehead atoms. The van der Waals surface area contributed by atoms with Crippen LogP contribution >= 0.6 is 39.3 Å². The summed E-state index contributed by atoms with van der Waals surface area (Å²) in [6.45, 7) is 2.55. The Kier molecular flexibility index (Phi) is 7.14. The van der Waals surface area contributed by atoms with Crippen molar-refractivity contribution >= 4 is 68.4 Å². The molecular weight excluding hydrogens is 578 g/mol. The van der Waals surface area contributed by atoms with E-state index < -0.39 is 0 Å². The number of thioether (sulfide) groups is 1. The number of amides is 3. The van der Waals surface area contributed by atoms with Crippen LogP contribution in [0, 0.1) is 0 Å². The fourth-order valence-corrected chi connectivity index (χ4v) is 5.51. The second-order valence-corrected chi connectivity index (χ2v) is 10.3. The maximum absolute atomic E-state index is 12.8. The van der Waals surface area contributed by atoms with E-state index in [1.807, 2.05) is 11.5 Å². The molecule has 2 heterocycles. The van der Waals surface area contributed by atoms with Crippen LogP contribution in [-0.2, 0) is 11.3 Å². The lowest BCUT2D eigenvalue weighted by atomic mass is 10.1. The Balaban J connectivity index is 1.29. The number of benzene rings is 3. The Morgan fingerprint density at radius 3 is 2.30 bits per heavy atom. The predicted octanol–water partition coefficient (Wildman–Crippen LogP) is 5.91. The van der Waals surface area contributed by atoms with Crippen molar-refractivity contribution in [2.24, 2.45) is 0 Å². The van der Waals surface area contributed by atoms with Gasteiger partial charge in [-0.25, -0.2) is 4.90 Å². The number of halogens is 2. The molecular formula is C26H19BrClN5O3S. The standard InChI is InChI=1S/C26H19BrClN5O3S/c1-2-32-23(30-31-26(32)37-14-22(34)29-21-12-9-16(27)13-20(21)28)15-7-10-17(11-8-15)33-24(35)18-5-3-4-6-19(18)25(33)36/h3-13H,2,14H2,1H3,(H,29,34). The van der Waals surface area contributed by atoms with Crippen LogP contribution in [0.3, 0.4) is 0 Å². The zero-order chi connectivity index (χ0) is 26.1. The molecule has 3 amide bonds. The molecule has 1 aromatic heterocycles. The number of nitrogens with zero attached hydrogens (tertiary/aromatic N) is 4. The van der Waals surface area contributed by atoms with Gasteiger partial charge in [-0.3, -0.25) is 14.4 Å². The molecule has 0 radical (unpaired) electrons. The van der Waals surface area contributed by atoms with E-state index in [1.54, 1.807) is 66.7 Å². The Hall–Kier alpha value is -3.47. The number of carbonyl (C=O) groups is 3. The molecule has 0 aliphatic carbocycles. The van der Waals surface area contributed by atoms with Gasteiger partial charge in [0.1, 0.15) is 0 Å². The highest BCUT2D eigenvalue weighted by atomic mass is 79.9. The summed E-state index contributed by atoms with van der Waals surface area (Å²) < 4.78 is 2.73. The molecule has 0 fully saturated rings. The summed E-state index contributed by atoms with van der Waals surface area (Å²) >= 11 is 10.8. The van der Waals surface area contributed by atoms with Crippen LogP contribution in [0.15, 0.2) is 76.4 Å². The van der Waals surface area contributed by atoms with Crippen molar-refractivity contribution < 1.29 is 14.4 Å². The average molecular weight is 597 g/mol. The number of rotatable bonds is 7. The van der Waals surface area contributed by atoms with Crippen molar-refractivity contribution in [3.63, 3.8) is 0 Å². The molecule has 0 spiro atoms. The maximum atomic E-state index is 12.8. The fourth-order valence-electron chi connectivity index (χ4n) is 3.98. The fraction of sp³-hybridized carbons (Fsp3) is 0.115. The SMILES string of the molecule is CCn1c(SCC(=O)Nc2ccc(Br)cc2Cl)nnc1-c1ccc(N2C(=O)c3ccccc3C2=O)cc1. The minimum absolute atomic E-state index is 0.128. The highest BCUT2D eigenvalue weighted by Gasteiger charge is 2.36. The van der Waals surface area contributed by atoms with E-state index in [0.29, 0.717) is 45.0 Å². The Morgan fingerprint density at radius 2 is 1.68 bits per heavy atom. The second kappa shape index (κ2) is 10.5. The number of carbonyl (C=O) groups excluding carboxylic acids is 3. The molecule has 1 aliphatic heterocycles. The Morgan fingerprint density at radius 1 is 1.00 bits per heavy atom. The van der Waals surface area contributed by atoms with E-state index in [0.717, 1.165) is 10.0 Å². The van der Waals surface area contributed by atoms with Crippen LogP contribution in [0.1, 0.15) is 27.6 Å². The normalized spacial score (nSPS) is 12.7. The molecule has 8 nitrogen and oxygen atoms in total. The Labute approximate surface area is 230 Å². The van der Waals surface area contributed by atoms with Crippen LogP contribution in [0.25, 0.3) is 11.4 Å². The van der Waals surface area contributed by atoms with E-state index in [1.165, 1.54) is 16.7 Å². The third kappa shape index (κ3) is 4.92. The molecule has 4 aromatic rings. The number of imide groups is 1. The first-order valence-electron chi connectivity index (χ1n) is 11.3. The molecule has 5 rings (SSSR count). The van der Waals surface area contributed by atoms with E-state index in [4.69, 9.17) is 11.6 Å². The van der Waals surface area contributed by atoms with Crippen LogP contribution in [0.5, 0.6) is 0 Å². The molecule has 3 aromatic carbocycles. The lowest BCUT2D eigenvalue weighted by Gasteiger charge is -2.14. The average Bonchev–Trinajstić information content (AvgIpc) is 3.43. The summed E-state index contributed by atoms with van der Waals surface area (Å²) in [4.78, 5) is 39.2. The monoisotopic (exact) mass is 595 g/mol. The minimum Gasteiger partial charge on any atom is -0.324 e.